The van der Waals surface area contributed by atoms with Crippen molar-refractivity contribution in [2.45, 2.75) is 13.1 Å². The van der Waals surface area contributed by atoms with Gasteiger partial charge in [0.1, 0.15) is 0 Å². The zero-order valence-corrected chi connectivity index (χ0v) is 12.7. The number of aromatic nitrogens is 2. The van der Waals surface area contributed by atoms with Crippen LogP contribution < -0.4 is 5.32 Å². The summed E-state index contributed by atoms with van der Waals surface area (Å²) in [5, 5.41) is 5.57. The Balaban J connectivity index is 1.55. The van der Waals surface area contributed by atoms with Gasteiger partial charge in [-0.05, 0) is 34.1 Å². The van der Waals surface area contributed by atoms with Crippen molar-refractivity contribution in [3.05, 3.63) is 51.4 Å². The van der Waals surface area contributed by atoms with Crippen LogP contribution in [0.4, 0.5) is 0 Å². The van der Waals surface area contributed by atoms with E-state index in [0.717, 1.165) is 29.6 Å². The lowest BCUT2D eigenvalue weighted by Gasteiger charge is -2.05. The second kappa shape index (κ2) is 5.86. The number of fused-ring (bicyclic) bond motifs is 1. The van der Waals surface area contributed by atoms with Gasteiger partial charge in [-0.2, -0.15) is 0 Å². The van der Waals surface area contributed by atoms with Crippen molar-refractivity contribution in [2.75, 3.05) is 6.54 Å². The summed E-state index contributed by atoms with van der Waals surface area (Å²) in [7, 11) is 0. The molecule has 5 heteroatoms. The molecular weight excluding hydrogens is 322 g/mol. The quantitative estimate of drug-likeness (QED) is 0.721. The number of thiophene rings is 1. The predicted molar refractivity (Wildman–Crippen MR) is 83.5 cm³/mol. The Morgan fingerprint density at radius 1 is 1.32 bits per heavy atom. The molecule has 0 spiro atoms. The molecule has 3 nitrogen and oxygen atoms in total. The second-order valence-corrected chi connectivity index (χ2v) is 6.25. The molecule has 0 bridgehead atoms. The highest BCUT2D eigenvalue weighted by Crippen LogP contribution is 2.19. The second-order valence-electron chi connectivity index (χ2n) is 4.33. The summed E-state index contributed by atoms with van der Waals surface area (Å²) in [6.45, 7) is 2.80. The van der Waals surface area contributed by atoms with E-state index < -0.39 is 0 Å². The van der Waals surface area contributed by atoms with Gasteiger partial charge < -0.3 is 9.88 Å². The highest BCUT2D eigenvalue weighted by molar-refractivity contribution is 9.10. The summed E-state index contributed by atoms with van der Waals surface area (Å²) in [5.41, 5.74) is 2.26. The van der Waals surface area contributed by atoms with E-state index in [9.17, 15) is 0 Å². The first-order valence-electron chi connectivity index (χ1n) is 6.16. The summed E-state index contributed by atoms with van der Waals surface area (Å²) in [6.07, 6.45) is 1.91. The molecule has 0 aliphatic heterocycles. The smallest absolute Gasteiger partial charge is 0.0958 e. The first-order valence-corrected chi connectivity index (χ1v) is 7.84. The van der Waals surface area contributed by atoms with Crippen LogP contribution in [0.25, 0.3) is 11.0 Å². The molecule has 0 amide bonds. The number of hydrogen-bond donors (Lipinski definition) is 1. The maximum atomic E-state index is 4.39. The van der Waals surface area contributed by atoms with Crippen LogP contribution in [0.15, 0.2) is 46.5 Å². The molecule has 0 saturated carbocycles. The van der Waals surface area contributed by atoms with E-state index in [1.54, 1.807) is 11.3 Å². The lowest BCUT2D eigenvalue weighted by atomic mass is 10.3. The third kappa shape index (κ3) is 3.05. The van der Waals surface area contributed by atoms with Crippen molar-refractivity contribution in [3.8, 4) is 0 Å². The SMILES string of the molecule is Brc1csc(CNCCn2cnc3ccccc32)c1. The molecule has 98 valence electrons. The van der Waals surface area contributed by atoms with E-state index in [4.69, 9.17) is 0 Å². The van der Waals surface area contributed by atoms with E-state index >= 15 is 0 Å². The maximum Gasteiger partial charge on any atom is 0.0958 e. The van der Waals surface area contributed by atoms with E-state index in [-0.39, 0.29) is 0 Å². The minimum atomic E-state index is 0.920. The number of imidazole rings is 1. The molecule has 0 aliphatic rings. The Morgan fingerprint density at radius 2 is 2.21 bits per heavy atom. The first kappa shape index (κ1) is 12.8. The molecule has 2 heterocycles. The Hall–Kier alpha value is -1.17. The predicted octanol–water partition coefficient (Wildman–Crippen LogP) is 3.65. The number of nitrogens with zero attached hydrogens (tertiary/aromatic N) is 2. The van der Waals surface area contributed by atoms with Crippen molar-refractivity contribution in [2.24, 2.45) is 0 Å². The van der Waals surface area contributed by atoms with Gasteiger partial charge in [0.2, 0.25) is 0 Å². The maximum absolute atomic E-state index is 4.39. The lowest BCUT2D eigenvalue weighted by Crippen LogP contribution is -2.18. The van der Waals surface area contributed by atoms with Crippen LogP contribution >= 0.6 is 27.3 Å². The number of benzene rings is 1. The minimum Gasteiger partial charge on any atom is -0.329 e. The average Bonchev–Trinajstić information content (AvgIpc) is 3.02. The molecule has 1 N–H and O–H groups in total. The summed E-state index contributed by atoms with van der Waals surface area (Å²) in [4.78, 5) is 5.74. The Bertz CT molecular complexity index is 674. The number of hydrogen-bond acceptors (Lipinski definition) is 3. The van der Waals surface area contributed by atoms with Gasteiger partial charge in [0.25, 0.3) is 0 Å². The molecule has 0 aliphatic carbocycles. The first-order chi connectivity index (χ1) is 9.33. The Morgan fingerprint density at radius 3 is 3.05 bits per heavy atom. The van der Waals surface area contributed by atoms with Crippen molar-refractivity contribution in [1.82, 2.24) is 14.9 Å². The van der Waals surface area contributed by atoms with Gasteiger partial charge in [0, 0.05) is 34.4 Å². The molecule has 0 unspecified atom stereocenters. The monoisotopic (exact) mass is 335 g/mol. The average molecular weight is 336 g/mol. The summed E-state index contributed by atoms with van der Waals surface area (Å²) >= 11 is 5.24. The van der Waals surface area contributed by atoms with Crippen LogP contribution in [0.2, 0.25) is 0 Å². The molecule has 0 radical (unpaired) electrons. The standard InChI is InChI=1S/C14H14BrN3S/c15-11-7-12(19-9-11)8-16-5-6-18-10-17-13-3-1-2-4-14(13)18/h1-4,7,9-10,16H,5-6,8H2. The largest absolute Gasteiger partial charge is 0.329 e. The van der Waals surface area contributed by atoms with Gasteiger partial charge in [-0.25, -0.2) is 4.98 Å². The molecule has 3 rings (SSSR count). The molecule has 0 atom stereocenters. The molecule has 3 aromatic rings. The van der Waals surface area contributed by atoms with Crippen LogP contribution in [-0.4, -0.2) is 16.1 Å². The van der Waals surface area contributed by atoms with E-state index in [1.165, 1.54) is 10.4 Å². The lowest BCUT2D eigenvalue weighted by molar-refractivity contribution is 0.610. The summed E-state index contributed by atoms with van der Waals surface area (Å²) < 4.78 is 3.35. The normalized spacial score (nSPS) is 11.2. The van der Waals surface area contributed by atoms with E-state index in [0.29, 0.717) is 0 Å². The van der Waals surface area contributed by atoms with Crippen LogP contribution in [-0.2, 0) is 13.1 Å². The fraction of sp³-hybridized carbons (Fsp3) is 0.214. The number of rotatable bonds is 5. The Kier molecular flexibility index (Phi) is 3.96. The number of halogens is 1. The van der Waals surface area contributed by atoms with Crippen molar-refractivity contribution in [1.29, 1.82) is 0 Å². The molecular formula is C14H14BrN3S. The zero-order valence-electron chi connectivity index (χ0n) is 10.3. The van der Waals surface area contributed by atoms with Gasteiger partial charge in [0.05, 0.1) is 17.4 Å². The summed E-state index contributed by atoms with van der Waals surface area (Å²) in [5.74, 6) is 0. The molecule has 0 saturated heterocycles. The van der Waals surface area contributed by atoms with E-state index in [2.05, 4.69) is 54.4 Å². The Labute approximate surface area is 124 Å². The van der Waals surface area contributed by atoms with Gasteiger partial charge in [-0.1, -0.05) is 12.1 Å². The topological polar surface area (TPSA) is 29.9 Å². The molecule has 1 aromatic carbocycles. The van der Waals surface area contributed by atoms with Crippen LogP contribution in [0.5, 0.6) is 0 Å². The van der Waals surface area contributed by atoms with Gasteiger partial charge in [-0.3, -0.25) is 0 Å². The fourth-order valence-electron chi connectivity index (χ4n) is 2.05. The molecule has 19 heavy (non-hydrogen) atoms. The van der Waals surface area contributed by atoms with Gasteiger partial charge in [-0.15, -0.1) is 11.3 Å². The summed E-state index contributed by atoms with van der Waals surface area (Å²) in [6, 6.07) is 10.4. The molecule has 0 fully saturated rings. The zero-order chi connectivity index (χ0) is 13.1. The number of nitrogens with one attached hydrogen (secondary N) is 1. The van der Waals surface area contributed by atoms with Crippen molar-refractivity contribution in [3.63, 3.8) is 0 Å². The fourth-order valence-corrected chi connectivity index (χ4v) is 3.47. The van der Waals surface area contributed by atoms with Gasteiger partial charge >= 0.3 is 0 Å². The minimum absolute atomic E-state index is 0.920. The molecule has 2 aromatic heterocycles. The van der Waals surface area contributed by atoms with Crippen LogP contribution in [0, 0.1) is 0 Å². The highest BCUT2D eigenvalue weighted by atomic mass is 79.9. The van der Waals surface area contributed by atoms with Crippen LogP contribution in [0.1, 0.15) is 4.88 Å². The van der Waals surface area contributed by atoms with Crippen molar-refractivity contribution >= 4 is 38.3 Å². The van der Waals surface area contributed by atoms with Crippen LogP contribution in [0.3, 0.4) is 0 Å². The third-order valence-electron chi connectivity index (χ3n) is 2.98. The van der Waals surface area contributed by atoms with E-state index in [1.807, 2.05) is 18.5 Å². The van der Waals surface area contributed by atoms with Crippen molar-refractivity contribution < 1.29 is 0 Å². The highest BCUT2D eigenvalue weighted by Gasteiger charge is 2.01. The van der Waals surface area contributed by atoms with Gasteiger partial charge in [0.15, 0.2) is 0 Å². The number of para-hydroxylation sites is 2. The third-order valence-corrected chi connectivity index (χ3v) is 4.68.